The highest BCUT2D eigenvalue weighted by molar-refractivity contribution is 7.89. The molecular weight excluding hydrogens is 444 g/mol. The molecule has 0 bridgehead atoms. The van der Waals surface area contributed by atoms with Crippen molar-refractivity contribution >= 4 is 32.9 Å². The third-order valence-electron chi connectivity index (χ3n) is 5.14. The van der Waals surface area contributed by atoms with Crippen molar-refractivity contribution in [2.24, 2.45) is 0 Å². The minimum atomic E-state index is -3.58. The fourth-order valence-corrected chi connectivity index (χ4v) is 4.32. The first kappa shape index (κ1) is 24.4. The molecule has 9 nitrogen and oxygen atoms in total. The zero-order chi connectivity index (χ0) is 24.2. The number of fused-ring (bicyclic) bond motifs is 1. The van der Waals surface area contributed by atoms with Crippen LogP contribution in [0.4, 0.5) is 0 Å². The van der Waals surface area contributed by atoms with E-state index in [0.29, 0.717) is 23.4 Å². The molecule has 0 fully saturated rings. The maximum atomic E-state index is 12.4. The number of hydrogen-bond donors (Lipinski definition) is 1. The van der Waals surface area contributed by atoms with Gasteiger partial charge >= 0.3 is 5.97 Å². The summed E-state index contributed by atoms with van der Waals surface area (Å²) in [5, 5.41) is 2.78. The van der Waals surface area contributed by atoms with Gasteiger partial charge in [-0.2, -0.15) is 0 Å². The number of hydrogen-bond acceptors (Lipinski definition) is 6. The van der Waals surface area contributed by atoms with E-state index in [4.69, 9.17) is 4.74 Å². The summed E-state index contributed by atoms with van der Waals surface area (Å²) < 4.78 is 33.2. The van der Waals surface area contributed by atoms with Gasteiger partial charge < -0.3 is 14.6 Å². The van der Waals surface area contributed by atoms with Crippen LogP contribution in [0.3, 0.4) is 0 Å². The van der Waals surface area contributed by atoms with E-state index in [1.165, 1.54) is 20.2 Å². The van der Waals surface area contributed by atoms with Crippen LogP contribution in [0.2, 0.25) is 0 Å². The third kappa shape index (κ3) is 5.58. The molecule has 1 heterocycles. The Morgan fingerprint density at radius 1 is 1.15 bits per heavy atom. The van der Waals surface area contributed by atoms with Gasteiger partial charge in [-0.15, -0.1) is 0 Å². The molecule has 176 valence electrons. The second-order valence-corrected chi connectivity index (χ2v) is 9.97. The van der Waals surface area contributed by atoms with Gasteiger partial charge in [0.25, 0.3) is 5.91 Å². The highest BCUT2D eigenvalue weighted by Crippen LogP contribution is 2.22. The number of carbonyl (C=O) groups excluding carboxylic acids is 2. The van der Waals surface area contributed by atoms with Crippen LogP contribution in [0.5, 0.6) is 0 Å². The maximum Gasteiger partial charge on any atom is 0.308 e. The first-order valence-corrected chi connectivity index (χ1v) is 12.0. The number of amides is 1. The van der Waals surface area contributed by atoms with E-state index < -0.39 is 22.0 Å². The average molecular weight is 473 g/mol. The zero-order valence-electron chi connectivity index (χ0n) is 19.1. The molecule has 1 aromatic heterocycles. The molecule has 0 aliphatic heterocycles. The first-order chi connectivity index (χ1) is 15.6. The highest BCUT2D eigenvalue weighted by Gasteiger charge is 2.20. The van der Waals surface area contributed by atoms with Crippen molar-refractivity contribution < 1.29 is 22.7 Å². The molecule has 1 N–H and O–H groups in total. The lowest BCUT2D eigenvalue weighted by Crippen LogP contribution is -2.34. The van der Waals surface area contributed by atoms with Crippen LogP contribution in [-0.2, 0) is 32.7 Å². The first-order valence-electron chi connectivity index (χ1n) is 10.6. The van der Waals surface area contributed by atoms with Crippen LogP contribution in [0.25, 0.3) is 11.0 Å². The van der Waals surface area contributed by atoms with Crippen molar-refractivity contribution in [2.75, 3.05) is 14.1 Å². The Bertz CT molecular complexity index is 1250. The molecule has 1 amide bonds. The summed E-state index contributed by atoms with van der Waals surface area (Å²) in [6, 6.07) is 13.1. The summed E-state index contributed by atoms with van der Waals surface area (Å²) in [7, 11) is -0.643. The predicted octanol–water partition coefficient (Wildman–Crippen LogP) is 2.56. The summed E-state index contributed by atoms with van der Waals surface area (Å²) in [6.45, 7) is 4.18. The lowest BCUT2D eigenvalue weighted by atomic mass is 10.2. The number of sulfonamides is 1. The van der Waals surface area contributed by atoms with Crippen LogP contribution < -0.4 is 5.32 Å². The Balaban J connectivity index is 1.66. The minimum absolute atomic E-state index is 0.0101. The second-order valence-electron chi connectivity index (χ2n) is 7.82. The van der Waals surface area contributed by atoms with Crippen molar-refractivity contribution in [2.45, 2.75) is 44.4 Å². The van der Waals surface area contributed by atoms with E-state index in [1.54, 1.807) is 43.3 Å². The van der Waals surface area contributed by atoms with E-state index >= 15 is 0 Å². The van der Waals surface area contributed by atoms with Gasteiger partial charge in [0.05, 0.1) is 22.3 Å². The number of esters is 1. The Morgan fingerprint density at radius 3 is 2.48 bits per heavy atom. The van der Waals surface area contributed by atoms with E-state index in [-0.39, 0.29) is 23.8 Å². The summed E-state index contributed by atoms with van der Waals surface area (Å²) in [5.41, 5.74) is 1.78. The highest BCUT2D eigenvalue weighted by atomic mass is 32.2. The Morgan fingerprint density at radius 2 is 1.85 bits per heavy atom. The molecule has 33 heavy (non-hydrogen) atoms. The maximum absolute atomic E-state index is 12.4. The Labute approximate surface area is 193 Å². The van der Waals surface area contributed by atoms with Crippen molar-refractivity contribution in [3.8, 4) is 0 Å². The molecule has 0 saturated carbocycles. The van der Waals surface area contributed by atoms with Crippen molar-refractivity contribution in [1.29, 1.82) is 0 Å². The molecule has 3 rings (SSSR count). The smallest absolute Gasteiger partial charge is 0.308 e. The van der Waals surface area contributed by atoms with Gasteiger partial charge in [0.2, 0.25) is 10.0 Å². The number of nitrogens with zero attached hydrogens (tertiary/aromatic N) is 3. The summed E-state index contributed by atoms with van der Waals surface area (Å²) in [6.07, 6.45) is 0.0101. The van der Waals surface area contributed by atoms with Gasteiger partial charge in [-0.25, -0.2) is 17.7 Å². The predicted molar refractivity (Wildman–Crippen MR) is 124 cm³/mol. The molecule has 10 heteroatoms. The molecule has 1 atom stereocenters. The van der Waals surface area contributed by atoms with E-state index in [9.17, 15) is 18.0 Å². The lowest BCUT2D eigenvalue weighted by molar-refractivity contribution is -0.145. The topological polar surface area (TPSA) is 111 Å². The number of aromatic nitrogens is 2. The fourth-order valence-electron chi connectivity index (χ4n) is 3.40. The normalized spacial score (nSPS) is 12.6. The van der Waals surface area contributed by atoms with Crippen LogP contribution in [0.1, 0.15) is 36.5 Å². The number of rotatable bonds is 9. The monoisotopic (exact) mass is 472 g/mol. The van der Waals surface area contributed by atoms with Gasteiger partial charge in [-0.05, 0) is 44.2 Å². The molecule has 2 aromatic carbocycles. The van der Waals surface area contributed by atoms with E-state index in [2.05, 4.69) is 10.3 Å². The average Bonchev–Trinajstić information content (AvgIpc) is 3.14. The molecule has 0 aliphatic rings. The van der Waals surface area contributed by atoms with Gasteiger partial charge in [0.15, 0.2) is 0 Å². The SMILES string of the molecule is CCn1c(COC(=O)CC(C)NC(=O)c2ccccc2)nc2cc(S(=O)(=O)N(C)C)ccc21. The molecule has 0 aliphatic carbocycles. The molecule has 0 saturated heterocycles. The van der Waals surface area contributed by atoms with E-state index in [0.717, 1.165) is 9.82 Å². The molecule has 0 radical (unpaired) electrons. The summed E-state index contributed by atoms with van der Waals surface area (Å²) in [5.74, 6) is -0.213. The number of carbonyl (C=O) groups is 2. The van der Waals surface area contributed by atoms with Crippen molar-refractivity contribution in [3.05, 3.63) is 59.9 Å². The van der Waals surface area contributed by atoms with Crippen LogP contribution in [0, 0.1) is 0 Å². The quantitative estimate of drug-likeness (QED) is 0.479. The van der Waals surface area contributed by atoms with Crippen LogP contribution >= 0.6 is 0 Å². The van der Waals surface area contributed by atoms with Crippen LogP contribution in [0.15, 0.2) is 53.4 Å². The second kappa shape index (κ2) is 10.1. The van der Waals surface area contributed by atoms with E-state index in [1.807, 2.05) is 17.6 Å². The third-order valence-corrected chi connectivity index (χ3v) is 6.95. The lowest BCUT2D eigenvalue weighted by Gasteiger charge is -2.13. The van der Waals surface area contributed by atoms with Gasteiger partial charge in [-0.1, -0.05) is 18.2 Å². The van der Waals surface area contributed by atoms with Gasteiger partial charge in [-0.3, -0.25) is 9.59 Å². The fraction of sp³-hybridized carbons (Fsp3) is 0.348. The number of benzene rings is 2. The number of nitrogens with one attached hydrogen (secondary N) is 1. The molecular formula is C23H28N4O5S. The minimum Gasteiger partial charge on any atom is -0.457 e. The van der Waals surface area contributed by atoms with Gasteiger partial charge in [0, 0.05) is 32.2 Å². The standard InChI is InChI=1S/C23H28N4O5S/c1-5-27-20-12-11-18(33(30,31)26(3)4)14-19(20)25-21(27)15-32-22(28)13-16(2)24-23(29)17-9-7-6-8-10-17/h6-12,14,16H,5,13,15H2,1-4H3,(H,24,29). The zero-order valence-corrected chi connectivity index (χ0v) is 19.9. The Kier molecular flexibility index (Phi) is 7.50. The van der Waals surface area contributed by atoms with Crippen molar-refractivity contribution in [1.82, 2.24) is 19.2 Å². The number of imidazole rings is 1. The molecule has 3 aromatic rings. The number of ether oxygens (including phenoxy) is 1. The summed E-state index contributed by atoms with van der Waals surface area (Å²) >= 11 is 0. The van der Waals surface area contributed by atoms with Crippen molar-refractivity contribution in [3.63, 3.8) is 0 Å². The largest absolute Gasteiger partial charge is 0.457 e. The number of aryl methyl sites for hydroxylation is 1. The van der Waals surface area contributed by atoms with Crippen LogP contribution in [-0.4, -0.2) is 54.3 Å². The van der Waals surface area contributed by atoms with Gasteiger partial charge in [0.1, 0.15) is 12.4 Å². The summed E-state index contributed by atoms with van der Waals surface area (Å²) in [4.78, 5) is 29.2. The molecule has 1 unspecified atom stereocenters. The molecule has 0 spiro atoms. The Hall–Kier alpha value is -3.24.